The van der Waals surface area contributed by atoms with Crippen LogP contribution in [0.1, 0.15) is 43.5 Å². The zero-order valence-electron chi connectivity index (χ0n) is 24.1. The lowest BCUT2D eigenvalue weighted by Gasteiger charge is -2.34. The Hall–Kier alpha value is -4.51. The normalized spacial score (nSPS) is 21.3. The summed E-state index contributed by atoms with van der Waals surface area (Å²) >= 11 is 0. The molecular formula is C31H35N9O2. The summed E-state index contributed by atoms with van der Waals surface area (Å²) in [4.78, 5) is 20.8. The third kappa shape index (κ3) is 4.73. The van der Waals surface area contributed by atoms with Crippen molar-refractivity contribution in [1.29, 1.82) is 0 Å². The van der Waals surface area contributed by atoms with Crippen LogP contribution in [0, 0.1) is 12.8 Å². The number of benzene rings is 2. The highest BCUT2D eigenvalue weighted by Gasteiger charge is 2.42. The molecule has 11 heteroatoms. The summed E-state index contributed by atoms with van der Waals surface area (Å²) in [6.07, 6.45) is 3.27. The van der Waals surface area contributed by atoms with Crippen LogP contribution >= 0.6 is 0 Å². The van der Waals surface area contributed by atoms with Gasteiger partial charge in [0.05, 0.1) is 18.0 Å². The molecule has 2 unspecified atom stereocenters. The first kappa shape index (κ1) is 26.4. The Morgan fingerprint density at radius 2 is 1.90 bits per heavy atom. The SMILES string of the molecule is Cc1cccc2cc(CN3N=C(c4ccc5oc(N)nc5c4)C4C(N)=NC=NC43)nc(OC3CCN(C(C)C)CC3)c12. The molecule has 5 heterocycles. The van der Waals surface area contributed by atoms with E-state index in [2.05, 4.69) is 64.9 Å². The van der Waals surface area contributed by atoms with E-state index >= 15 is 0 Å². The molecule has 0 aliphatic carbocycles. The first-order chi connectivity index (χ1) is 20.3. The number of piperidine rings is 1. The number of hydrogen-bond donors (Lipinski definition) is 2. The number of ether oxygens (including phenoxy) is 1. The quantitative estimate of drug-likeness (QED) is 0.356. The van der Waals surface area contributed by atoms with Crippen molar-refractivity contribution < 1.29 is 9.15 Å². The highest BCUT2D eigenvalue weighted by molar-refractivity contribution is 6.17. The Balaban J connectivity index is 1.22. The molecule has 0 saturated carbocycles. The number of nitrogen functional groups attached to an aromatic ring is 1. The second kappa shape index (κ2) is 10.4. The largest absolute Gasteiger partial charge is 0.474 e. The van der Waals surface area contributed by atoms with Crippen molar-refractivity contribution in [3.05, 3.63) is 59.3 Å². The number of aliphatic imine (C=N–C) groups is 2. The van der Waals surface area contributed by atoms with Crippen LogP contribution in [0.5, 0.6) is 5.88 Å². The molecule has 7 rings (SSSR count). The van der Waals surface area contributed by atoms with Crippen molar-refractivity contribution in [1.82, 2.24) is 19.9 Å². The van der Waals surface area contributed by atoms with E-state index in [1.807, 2.05) is 23.2 Å². The van der Waals surface area contributed by atoms with Gasteiger partial charge in [0.1, 0.15) is 29.7 Å². The minimum Gasteiger partial charge on any atom is -0.474 e. The third-order valence-electron chi connectivity index (χ3n) is 8.47. The van der Waals surface area contributed by atoms with Crippen molar-refractivity contribution in [2.75, 3.05) is 18.8 Å². The molecule has 2 aromatic heterocycles. The first-order valence-corrected chi connectivity index (χ1v) is 14.5. The topological polar surface area (TPSA) is 144 Å². The summed E-state index contributed by atoms with van der Waals surface area (Å²) < 4.78 is 12.1. The van der Waals surface area contributed by atoms with E-state index in [1.165, 1.54) is 6.34 Å². The van der Waals surface area contributed by atoms with E-state index in [0.717, 1.165) is 59.2 Å². The lowest BCUT2D eigenvalue weighted by molar-refractivity contribution is 0.0820. The maximum absolute atomic E-state index is 6.65. The lowest BCUT2D eigenvalue weighted by atomic mass is 9.93. The van der Waals surface area contributed by atoms with Gasteiger partial charge in [-0.2, -0.15) is 10.1 Å². The number of oxazole rings is 1. The van der Waals surface area contributed by atoms with Crippen molar-refractivity contribution in [3.8, 4) is 5.88 Å². The summed E-state index contributed by atoms with van der Waals surface area (Å²) in [5.74, 6) is 0.849. The van der Waals surface area contributed by atoms with Crippen molar-refractivity contribution in [2.45, 2.75) is 58.5 Å². The van der Waals surface area contributed by atoms with Gasteiger partial charge in [-0.15, -0.1) is 0 Å². The zero-order valence-corrected chi connectivity index (χ0v) is 24.1. The van der Waals surface area contributed by atoms with E-state index in [-0.39, 0.29) is 24.2 Å². The minimum absolute atomic E-state index is 0.125. The summed E-state index contributed by atoms with van der Waals surface area (Å²) in [5, 5.41) is 9.12. The molecule has 1 saturated heterocycles. The molecule has 3 aliphatic rings. The fourth-order valence-electron chi connectivity index (χ4n) is 6.25. The summed E-state index contributed by atoms with van der Waals surface area (Å²) in [6.45, 7) is 9.09. The summed E-state index contributed by atoms with van der Waals surface area (Å²) in [7, 11) is 0. The van der Waals surface area contributed by atoms with Crippen LogP contribution in [0.4, 0.5) is 6.01 Å². The number of rotatable bonds is 6. The Labute approximate surface area is 244 Å². The van der Waals surface area contributed by atoms with Gasteiger partial charge in [-0.25, -0.2) is 15.0 Å². The van der Waals surface area contributed by atoms with Crippen LogP contribution in [0.15, 0.2) is 62.0 Å². The van der Waals surface area contributed by atoms with Gasteiger partial charge in [-0.1, -0.05) is 18.2 Å². The first-order valence-electron chi connectivity index (χ1n) is 14.5. The number of hydrazone groups is 1. The van der Waals surface area contributed by atoms with Gasteiger partial charge < -0.3 is 25.5 Å². The molecule has 0 bridgehead atoms. The molecule has 0 spiro atoms. The summed E-state index contributed by atoms with van der Waals surface area (Å²) in [5.41, 5.74) is 17.1. The second-order valence-electron chi connectivity index (χ2n) is 11.6. The van der Waals surface area contributed by atoms with E-state index in [9.17, 15) is 0 Å². The predicted octanol–water partition coefficient (Wildman–Crippen LogP) is 4.08. The molecule has 11 nitrogen and oxygen atoms in total. The number of aryl methyl sites for hydroxylation is 1. The highest BCUT2D eigenvalue weighted by Crippen LogP contribution is 2.34. The second-order valence-corrected chi connectivity index (χ2v) is 11.6. The molecule has 0 amide bonds. The van der Waals surface area contributed by atoms with Crippen molar-refractivity contribution >= 4 is 45.8 Å². The Morgan fingerprint density at radius 3 is 2.71 bits per heavy atom. The molecule has 4 aromatic rings. The number of fused-ring (bicyclic) bond motifs is 3. The van der Waals surface area contributed by atoms with Crippen LogP contribution < -0.4 is 16.2 Å². The minimum atomic E-state index is -0.338. The Morgan fingerprint density at radius 1 is 1.07 bits per heavy atom. The number of aromatic nitrogens is 2. The molecule has 42 heavy (non-hydrogen) atoms. The molecule has 3 aliphatic heterocycles. The average molecular weight is 566 g/mol. The predicted molar refractivity (Wildman–Crippen MR) is 165 cm³/mol. The van der Waals surface area contributed by atoms with Gasteiger partial charge in [-0.3, -0.25) is 5.01 Å². The van der Waals surface area contributed by atoms with Gasteiger partial charge in [0, 0.05) is 30.1 Å². The Kier molecular flexibility index (Phi) is 6.53. The van der Waals surface area contributed by atoms with E-state index in [4.69, 9.17) is 30.7 Å². The standard InChI is InChI=1S/C31H35N9O2/c1-17(2)39-11-9-22(10-12-39)41-30-25-18(3)5-4-6-19(25)13-21(36-30)15-40-29-26(28(32)34-16-35-29)27(38-40)20-7-8-24-23(14-20)37-31(33)42-24/h4-8,13-14,16-17,22,26,29H,9-12,15H2,1-3H3,(H2,33,37)(H2,32,34,35). The average Bonchev–Trinajstić information content (AvgIpc) is 3.53. The number of anilines is 1. The van der Waals surface area contributed by atoms with E-state index in [1.54, 1.807) is 0 Å². The molecule has 0 radical (unpaired) electrons. The number of pyridine rings is 1. The smallest absolute Gasteiger partial charge is 0.292 e. The fraction of sp³-hybridized carbons (Fsp3) is 0.387. The van der Waals surface area contributed by atoms with Crippen LogP contribution in [0.3, 0.4) is 0 Å². The highest BCUT2D eigenvalue weighted by atomic mass is 16.5. The number of likely N-dealkylation sites (tertiary alicyclic amines) is 1. The van der Waals surface area contributed by atoms with Gasteiger partial charge in [0.2, 0.25) is 5.88 Å². The van der Waals surface area contributed by atoms with Crippen LogP contribution in [0.2, 0.25) is 0 Å². The molecule has 2 atom stereocenters. The maximum atomic E-state index is 6.65. The Bertz CT molecular complexity index is 1750. The van der Waals surface area contributed by atoms with Crippen LogP contribution in [-0.2, 0) is 6.54 Å². The van der Waals surface area contributed by atoms with Crippen LogP contribution in [-0.4, -0.2) is 69.2 Å². The molecular weight excluding hydrogens is 530 g/mol. The van der Waals surface area contributed by atoms with Gasteiger partial charge >= 0.3 is 0 Å². The molecule has 216 valence electrons. The van der Waals surface area contributed by atoms with E-state index < -0.39 is 0 Å². The van der Waals surface area contributed by atoms with Gasteiger partial charge in [0.25, 0.3) is 6.01 Å². The zero-order chi connectivity index (χ0) is 29.0. The van der Waals surface area contributed by atoms with Gasteiger partial charge in [0.15, 0.2) is 11.7 Å². The number of hydrogen-bond acceptors (Lipinski definition) is 11. The number of nitrogens with zero attached hydrogens (tertiary/aromatic N) is 7. The van der Waals surface area contributed by atoms with Gasteiger partial charge in [-0.05, 0) is 68.8 Å². The fourth-order valence-corrected chi connectivity index (χ4v) is 6.25. The lowest BCUT2D eigenvalue weighted by Crippen LogP contribution is -2.42. The number of nitrogens with two attached hydrogens (primary N) is 2. The molecule has 4 N–H and O–H groups in total. The third-order valence-corrected chi connectivity index (χ3v) is 8.47. The van der Waals surface area contributed by atoms with Crippen molar-refractivity contribution in [2.24, 2.45) is 26.7 Å². The molecule has 2 aromatic carbocycles. The monoisotopic (exact) mass is 565 g/mol. The van der Waals surface area contributed by atoms with E-state index in [0.29, 0.717) is 35.4 Å². The van der Waals surface area contributed by atoms with Crippen molar-refractivity contribution in [3.63, 3.8) is 0 Å². The molecule has 1 fully saturated rings. The van der Waals surface area contributed by atoms with Crippen LogP contribution in [0.25, 0.3) is 21.9 Å². The summed E-state index contributed by atoms with van der Waals surface area (Å²) in [6, 6.07) is 14.8. The maximum Gasteiger partial charge on any atom is 0.292 e. The number of amidine groups is 1.